The minimum Gasteiger partial charge on any atom is -0.545 e. The molecule has 0 aliphatic heterocycles. The number of aromatic carboxylic acids is 1. The molecule has 0 N–H and O–H groups in total. The van der Waals surface area contributed by atoms with Crippen molar-refractivity contribution in [3.63, 3.8) is 0 Å². The Kier molecular flexibility index (Phi) is 9.79. The third kappa shape index (κ3) is 5.76. The third-order valence-electron chi connectivity index (χ3n) is 2.60. The number of ether oxygens (including phenoxy) is 2. The summed E-state index contributed by atoms with van der Waals surface area (Å²) in [6.45, 7) is 5.28. The molecular formula is C13H18NNaO5. The molecule has 6 nitrogen and oxygen atoms in total. The predicted molar refractivity (Wildman–Crippen MR) is 67.1 cm³/mol. The summed E-state index contributed by atoms with van der Waals surface area (Å²) in [5.74, 6) is -1.32. The van der Waals surface area contributed by atoms with E-state index < -0.39 is 5.97 Å². The van der Waals surface area contributed by atoms with Crippen molar-refractivity contribution in [3.05, 3.63) is 34.2 Å². The number of carboxylic acids is 1. The first kappa shape index (κ1) is 19.3. The van der Waals surface area contributed by atoms with Crippen molar-refractivity contribution in [2.24, 2.45) is 0 Å². The minimum atomic E-state index is -1.32. The van der Waals surface area contributed by atoms with E-state index >= 15 is 0 Å². The molecule has 0 aliphatic carbocycles. The van der Waals surface area contributed by atoms with Crippen LogP contribution in [0.15, 0.2) is 23.1 Å². The molecule has 0 unspecified atom stereocenters. The number of hydrogen-bond acceptors (Lipinski definition) is 5. The standard InChI is InChI=1S/C13H19NO5.Na/c1-3-18-8-11(9-19-4-2)14-7-10(13(16)17)5-6-12(14)15;/h5-7,11H,3-4,8-9H2,1-2H3,(H,16,17);/q;+1/p-1. The molecule has 1 rings (SSSR count). The predicted octanol–water partition coefficient (Wildman–Crippen LogP) is -3.17. The Labute approximate surface area is 140 Å². The zero-order chi connectivity index (χ0) is 14.3. The van der Waals surface area contributed by atoms with Gasteiger partial charge in [-0.25, -0.2) is 0 Å². The molecule has 0 saturated heterocycles. The Bertz CT molecular complexity index is 466. The molecular weight excluding hydrogens is 273 g/mol. The molecule has 0 aliphatic rings. The van der Waals surface area contributed by atoms with Gasteiger partial charge in [-0.1, -0.05) is 0 Å². The Balaban J connectivity index is 0.00000361. The molecule has 0 radical (unpaired) electrons. The molecule has 1 heterocycles. The summed E-state index contributed by atoms with van der Waals surface area (Å²) >= 11 is 0. The van der Waals surface area contributed by atoms with Crippen molar-refractivity contribution >= 4 is 5.97 Å². The Hall–Kier alpha value is -0.660. The monoisotopic (exact) mass is 291 g/mol. The second kappa shape index (κ2) is 10.1. The molecule has 1 aromatic rings. The number of hydrogen-bond donors (Lipinski definition) is 0. The van der Waals surface area contributed by atoms with Crippen LogP contribution in [0.4, 0.5) is 0 Å². The van der Waals surface area contributed by atoms with E-state index in [1.54, 1.807) is 0 Å². The summed E-state index contributed by atoms with van der Waals surface area (Å²) in [4.78, 5) is 22.6. The molecule has 0 bridgehead atoms. The van der Waals surface area contributed by atoms with Gasteiger partial charge < -0.3 is 23.9 Å². The molecule has 0 amide bonds. The molecule has 1 aromatic heterocycles. The summed E-state index contributed by atoms with van der Waals surface area (Å²) < 4.78 is 11.9. The van der Waals surface area contributed by atoms with E-state index in [1.165, 1.54) is 22.9 Å². The molecule has 0 fully saturated rings. The van der Waals surface area contributed by atoms with Gasteiger partial charge in [-0.05, 0) is 19.9 Å². The second-order valence-corrected chi connectivity index (χ2v) is 3.92. The van der Waals surface area contributed by atoms with Gasteiger partial charge in [-0.3, -0.25) is 4.79 Å². The topological polar surface area (TPSA) is 80.6 Å². The number of rotatable bonds is 8. The van der Waals surface area contributed by atoms with Crippen LogP contribution in [0.3, 0.4) is 0 Å². The van der Waals surface area contributed by atoms with E-state index in [0.29, 0.717) is 13.2 Å². The first-order valence-corrected chi connectivity index (χ1v) is 6.19. The zero-order valence-corrected chi connectivity index (χ0v) is 14.1. The van der Waals surface area contributed by atoms with Gasteiger partial charge in [0.15, 0.2) is 0 Å². The van der Waals surface area contributed by atoms with Crippen molar-refractivity contribution in [2.75, 3.05) is 26.4 Å². The number of nitrogens with zero attached hydrogens (tertiary/aromatic N) is 1. The van der Waals surface area contributed by atoms with E-state index in [0.717, 1.165) is 0 Å². The maximum atomic E-state index is 11.8. The second-order valence-electron chi connectivity index (χ2n) is 3.92. The van der Waals surface area contributed by atoms with E-state index in [-0.39, 0.29) is 59.9 Å². The number of pyridine rings is 1. The van der Waals surface area contributed by atoms with Gasteiger partial charge in [0.2, 0.25) is 0 Å². The van der Waals surface area contributed by atoms with Crippen LogP contribution in [-0.4, -0.2) is 37.0 Å². The van der Waals surface area contributed by atoms with Crippen LogP contribution in [0.1, 0.15) is 30.2 Å². The van der Waals surface area contributed by atoms with Crippen molar-refractivity contribution in [3.8, 4) is 0 Å². The van der Waals surface area contributed by atoms with E-state index in [4.69, 9.17) is 9.47 Å². The Morgan fingerprint density at radius 1 is 1.25 bits per heavy atom. The van der Waals surface area contributed by atoms with Crippen LogP contribution in [0.25, 0.3) is 0 Å². The van der Waals surface area contributed by atoms with Crippen molar-refractivity contribution in [2.45, 2.75) is 19.9 Å². The number of carbonyl (C=O) groups excluding carboxylic acids is 1. The molecule has 106 valence electrons. The van der Waals surface area contributed by atoms with Crippen molar-refractivity contribution in [1.82, 2.24) is 4.57 Å². The van der Waals surface area contributed by atoms with Gasteiger partial charge in [0.25, 0.3) is 5.56 Å². The summed E-state index contributed by atoms with van der Waals surface area (Å²) in [5, 5.41) is 10.8. The van der Waals surface area contributed by atoms with Crippen LogP contribution in [-0.2, 0) is 9.47 Å². The molecule has 0 spiro atoms. The summed E-state index contributed by atoms with van der Waals surface area (Å²) in [6.07, 6.45) is 1.26. The molecule has 0 aromatic carbocycles. The first-order chi connectivity index (χ1) is 9.10. The number of aromatic nitrogens is 1. The van der Waals surface area contributed by atoms with Crippen LogP contribution in [0, 0.1) is 0 Å². The minimum absolute atomic E-state index is 0. The van der Waals surface area contributed by atoms with Gasteiger partial charge >= 0.3 is 29.6 Å². The number of carbonyl (C=O) groups is 1. The SMILES string of the molecule is CCOCC(COCC)n1cc(C(=O)[O-])ccc1=O.[Na+]. The molecule has 7 heteroatoms. The van der Waals surface area contributed by atoms with Crippen LogP contribution in [0.2, 0.25) is 0 Å². The van der Waals surface area contributed by atoms with Gasteiger partial charge in [0.1, 0.15) is 0 Å². The average molecular weight is 291 g/mol. The molecule has 0 saturated carbocycles. The van der Waals surface area contributed by atoms with Crippen molar-refractivity contribution in [1.29, 1.82) is 0 Å². The van der Waals surface area contributed by atoms with Gasteiger partial charge in [0.05, 0.1) is 25.2 Å². The number of carboxylic acid groups (broad SMARTS) is 1. The zero-order valence-electron chi connectivity index (χ0n) is 12.1. The van der Waals surface area contributed by atoms with E-state index in [9.17, 15) is 14.7 Å². The van der Waals surface area contributed by atoms with Gasteiger partial charge in [-0.15, -0.1) is 0 Å². The normalized spacial score (nSPS) is 10.3. The maximum Gasteiger partial charge on any atom is 1.00 e. The molecule has 20 heavy (non-hydrogen) atoms. The fourth-order valence-corrected chi connectivity index (χ4v) is 1.63. The molecule has 0 atom stereocenters. The van der Waals surface area contributed by atoms with E-state index in [1.807, 2.05) is 13.8 Å². The quantitative estimate of drug-likeness (QED) is 0.472. The Morgan fingerprint density at radius 3 is 2.25 bits per heavy atom. The fourth-order valence-electron chi connectivity index (χ4n) is 1.63. The summed E-state index contributed by atoms with van der Waals surface area (Å²) in [5.41, 5.74) is -0.341. The maximum absolute atomic E-state index is 11.8. The Morgan fingerprint density at radius 2 is 1.80 bits per heavy atom. The summed E-state index contributed by atoms with van der Waals surface area (Å²) in [6, 6.07) is 2.08. The third-order valence-corrected chi connectivity index (χ3v) is 2.60. The van der Waals surface area contributed by atoms with Crippen LogP contribution in [0.5, 0.6) is 0 Å². The van der Waals surface area contributed by atoms with E-state index in [2.05, 4.69) is 0 Å². The largest absolute Gasteiger partial charge is 1.00 e. The van der Waals surface area contributed by atoms with Crippen LogP contribution >= 0.6 is 0 Å². The summed E-state index contributed by atoms with van der Waals surface area (Å²) in [7, 11) is 0. The van der Waals surface area contributed by atoms with Crippen LogP contribution < -0.4 is 40.2 Å². The fraction of sp³-hybridized carbons (Fsp3) is 0.538. The van der Waals surface area contributed by atoms with Gasteiger partial charge in [-0.2, -0.15) is 0 Å². The van der Waals surface area contributed by atoms with Gasteiger partial charge in [0, 0.05) is 31.0 Å². The smallest absolute Gasteiger partial charge is 0.545 e. The first-order valence-electron chi connectivity index (χ1n) is 6.19. The average Bonchev–Trinajstić information content (AvgIpc) is 2.40. The van der Waals surface area contributed by atoms with Crippen molar-refractivity contribution < 1.29 is 48.9 Å².